The minimum atomic E-state index is -1.39. The number of aliphatic hydroxyl groups is 3. The van der Waals surface area contributed by atoms with Gasteiger partial charge in [0, 0.05) is 18.0 Å². The van der Waals surface area contributed by atoms with E-state index in [1.807, 2.05) is 4.57 Å². The van der Waals surface area contributed by atoms with E-state index in [0.29, 0.717) is 21.4 Å². The topological polar surface area (TPSA) is 131 Å². The van der Waals surface area contributed by atoms with Gasteiger partial charge < -0.3 is 30.1 Å². The van der Waals surface area contributed by atoms with Crippen LogP contribution in [0.1, 0.15) is 37.9 Å². The molecule has 32 heavy (non-hydrogen) atoms. The van der Waals surface area contributed by atoms with Crippen LogP contribution in [0.5, 0.6) is 5.75 Å². The second kappa shape index (κ2) is 9.46. The number of nitrogens with one attached hydrogen (secondary N) is 1. The predicted octanol–water partition coefficient (Wildman–Crippen LogP) is 1.10. The number of halogens is 1. The largest absolute Gasteiger partial charge is 0.486 e. The van der Waals surface area contributed by atoms with Gasteiger partial charge in [-0.1, -0.05) is 11.6 Å². The molecule has 1 saturated carbocycles. The van der Waals surface area contributed by atoms with Crippen LogP contribution in [0, 0.1) is 4.77 Å². The molecule has 10 nitrogen and oxygen atoms in total. The number of rotatable bonds is 7. The smallest absolute Gasteiger partial charge is 0.217 e. The number of amides is 1. The summed E-state index contributed by atoms with van der Waals surface area (Å²) < 4.78 is 15.3. The summed E-state index contributed by atoms with van der Waals surface area (Å²) in [5.41, 5.74) is 0. The molecule has 4 N–H and O–H groups in total. The first-order valence-corrected chi connectivity index (χ1v) is 11.1. The van der Waals surface area contributed by atoms with Gasteiger partial charge in [-0.05, 0) is 49.3 Å². The summed E-state index contributed by atoms with van der Waals surface area (Å²) in [6.45, 7) is 0.896. The third kappa shape index (κ3) is 4.68. The summed E-state index contributed by atoms with van der Waals surface area (Å²) >= 11 is 11.6. The molecule has 1 saturated heterocycles. The molecule has 4 rings (SSSR count). The van der Waals surface area contributed by atoms with Crippen molar-refractivity contribution in [3.63, 3.8) is 0 Å². The van der Waals surface area contributed by atoms with Crippen molar-refractivity contribution in [2.45, 2.75) is 63.0 Å². The van der Waals surface area contributed by atoms with Crippen LogP contribution < -0.4 is 10.1 Å². The van der Waals surface area contributed by atoms with Gasteiger partial charge in [0.25, 0.3) is 0 Å². The molecule has 2 heterocycles. The SMILES string of the molecule is CC(=O)NC1C(O)C(O)C(CO)OC1n1nc(COc2ccc(Cl)cc2)n(C2CC2)c1=S. The van der Waals surface area contributed by atoms with E-state index >= 15 is 0 Å². The number of ether oxygens (including phenoxy) is 2. The minimum absolute atomic E-state index is 0.126. The van der Waals surface area contributed by atoms with Gasteiger partial charge in [-0.25, -0.2) is 4.68 Å². The molecule has 1 aromatic carbocycles. The van der Waals surface area contributed by atoms with Gasteiger partial charge >= 0.3 is 0 Å². The van der Waals surface area contributed by atoms with Crippen LogP contribution in [0.2, 0.25) is 5.02 Å². The highest BCUT2D eigenvalue weighted by molar-refractivity contribution is 7.71. The molecule has 0 spiro atoms. The molecule has 5 unspecified atom stereocenters. The van der Waals surface area contributed by atoms with E-state index in [1.165, 1.54) is 11.6 Å². The van der Waals surface area contributed by atoms with E-state index in [1.54, 1.807) is 24.3 Å². The summed E-state index contributed by atoms with van der Waals surface area (Å²) in [5.74, 6) is 0.747. The van der Waals surface area contributed by atoms with Crippen LogP contribution in [0.3, 0.4) is 0 Å². The lowest BCUT2D eigenvalue weighted by atomic mass is 9.96. The highest BCUT2D eigenvalue weighted by Crippen LogP contribution is 2.38. The average molecular weight is 485 g/mol. The first kappa shape index (κ1) is 23.1. The zero-order valence-electron chi connectivity index (χ0n) is 17.3. The van der Waals surface area contributed by atoms with Gasteiger partial charge in [-0.2, -0.15) is 5.10 Å². The molecule has 1 aliphatic heterocycles. The van der Waals surface area contributed by atoms with Gasteiger partial charge in [0.2, 0.25) is 10.7 Å². The Kier molecular flexibility index (Phi) is 6.84. The van der Waals surface area contributed by atoms with Crippen molar-refractivity contribution in [3.05, 3.63) is 39.9 Å². The number of nitrogens with zero attached hydrogens (tertiary/aromatic N) is 3. The van der Waals surface area contributed by atoms with Crippen molar-refractivity contribution in [2.75, 3.05) is 6.61 Å². The lowest BCUT2D eigenvalue weighted by Crippen LogP contribution is -2.62. The fourth-order valence-electron chi connectivity index (χ4n) is 3.78. The quantitative estimate of drug-likeness (QED) is 0.430. The standard InChI is InChI=1S/C20H25ClN4O6S/c1-10(27)22-16-18(29)17(28)14(8-26)31-19(16)25-20(32)24(12-4-5-12)15(23-25)9-30-13-6-2-11(21)3-7-13/h2-3,6-7,12,14,16-19,26,28-29H,4-5,8-9H2,1H3,(H,22,27). The number of hydrogen-bond acceptors (Lipinski definition) is 8. The molecule has 1 amide bonds. The third-order valence-corrected chi connectivity index (χ3v) is 6.14. The average Bonchev–Trinajstić information content (AvgIpc) is 3.54. The van der Waals surface area contributed by atoms with Gasteiger partial charge in [-0.3, -0.25) is 9.36 Å². The number of benzene rings is 1. The molecule has 12 heteroatoms. The maximum Gasteiger partial charge on any atom is 0.217 e. The molecular formula is C20H25ClN4O6S. The number of carbonyl (C=O) groups excluding carboxylic acids is 1. The normalized spacial score (nSPS) is 27.8. The van der Waals surface area contributed by atoms with Crippen molar-refractivity contribution in [1.29, 1.82) is 0 Å². The van der Waals surface area contributed by atoms with Crippen LogP contribution in [0.15, 0.2) is 24.3 Å². The van der Waals surface area contributed by atoms with Crippen LogP contribution in [-0.2, 0) is 16.1 Å². The number of aromatic nitrogens is 3. The first-order chi connectivity index (χ1) is 15.3. The molecular weight excluding hydrogens is 460 g/mol. The molecule has 0 bridgehead atoms. The lowest BCUT2D eigenvalue weighted by molar-refractivity contribution is -0.219. The Bertz CT molecular complexity index is 1020. The second-order valence-electron chi connectivity index (χ2n) is 7.94. The van der Waals surface area contributed by atoms with Crippen LogP contribution in [0.4, 0.5) is 0 Å². The summed E-state index contributed by atoms with van der Waals surface area (Å²) in [7, 11) is 0. The Balaban J connectivity index is 1.66. The Hall–Kier alpha value is -2.02. The summed E-state index contributed by atoms with van der Waals surface area (Å²) in [5, 5.41) is 38.3. The zero-order chi connectivity index (χ0) is 23.0. The van der Waals surface area contributed by atoms with Gasteiger partial charge in [0.15, 0.2) is 12.1 Å². The zero-order valence-corrected chi connectivity index (χ0v) is 18.9. The van der Waals surface area contributed by atoms with Crippen molar-refractivity contribution in [3.8, 4) is 5.75 Å². The van der Waals surface area contributed by atoms with Crippen LogP contribution in [0.25, 0.3) is 0 Å². The maximum absolute atomic E-state index is 11.8. The lowest BCUT2D eigenvalue weighted by Gasteiger charge is -2.42. The molecule has 2 aromatic rings. The predicted molar refractivity (Wildman–Crippen MR) is 116 cm³/mol. The van der Waals surface area contributed by atoms with Crippen LogP contribution in [-0.4, -0.2) is 66.5 Å². The monoisotopic (exact) mass is 484 g/mol. The van der Waals surface area contributed by atoms with Crippen molar-refractivity contribution < 1.29 is 29.6 Å². The molecule has 1 aromatic heterocycles. The van der Waals surface area contributed by atoms with E-state index < -0.39 is 43.1 Å². The van der Waals surface area contributed by atoms with E-state index in [0.717, 1.165) is 12.8 Å². The van der Waals surface area contributed by atoms with Crippen LogP contribution >= 0.6 is 23.8 Å². The Morgan fingerprint density at radius 2 is 2.00 bits per heavy atom. The fraction of sp³-hybridized carbons (Fsp3) is 0.550. The van der Waals surface area contributed by atoms with Gasteiger partial charge in [0.1, 0.15) is 36.7 Å². The van der Waals surface area contributed by atoms with Crippen molar-refractivity contribution >= 4 is 29.7 Å². The summed E-state index contributed by atoms with van der Waals surface area (Å²) in [6.07, 6.45) is -3.00. The second-order valence-corrected chi connectivity index (χ2v) is 8.74. The molecule has 2 fully saturated rings. The number of hydrogen-bond donors (Lipinski definition) is 4. The van der Waals surface area contributed by atoms with Crippen molar-refractivity contribution in [1.82, 2.24) is 19.7 Å². The Morgan fingerprint density at radius 1 is 1.31 bits per heavy atom. The molecule has 174 valence electrons. The van der Waals surface area contributed by atoms with E-state index in [2.05, 4.69) is 10.4 Å². The maximum atomic E-state index is 11.8. The molecule has 2 aliphatic rings. The van der Waals surface area contributed by atoms with Gasteiger partial charge in [0.05, 0.1) is 6.61 Å². The Morgan fingerprint density at radius 3 is 2.59 bits per heavy atom. The van der Waals surface area contributed by atoms with Crippen molar-refractivity contribution in [2.24, 2.45) is 0 Å². The van der Waals surface area contributed by atoms with Gasteiger partial charge in [-0.15, -0.1) is 0 Å². The minimum Gasteiger partial charge on any atom is -0.486 e. The Labute approximate surface area is 194 Å². The number of aliphatic hydroxyl groups excluding tert-OH is 3. The number of carbonyl (C=O) groups is 1. The molecule has 1 aliphatic carbocycles. The third-order valence-electron chi connectivity index (χ3n) is 5.51. The van der Waals surface area contributed by atoms with E-state index in [-0.39, 0.29) is 12.6 Å². The molecule has 5 atom stereocenters. The highest BCUT2D eigenvalue weighted by Gasteiger charge is 2.47. The van der Waals surface area contributed by atoms with E-state index in [9.17, 15) is 20.1 Å². The summed E-state index contributed by atoms with van der Waals surface area (Å²) in [6, 6.07) is 6.08. The highest BCUT2D eigenvalue weighted by atomic mass is 35.5. The fourth-order valence-corrected chi connectivity index (χ4v) is 4.30. The molecule has 0 radical (unpaired) electrons. The summed E-state index contributed by atoms with van der Waals surface area (Å²) in [4.78, 5) is 11.8. The van der Waals surface area contributed by atoms with E-state index in [4.69, 9.17) is 33.3 Å². The first-order valence-electron chi connectivity index (χ1n) is 10.3.